The molecular formula is C10H21NO. The van der Waals surface area contributed by atoms with Gasteiger partial charge in [-0.25, -0.2) is 0 Å². The Morgan fingerprint density at radius 2 is 1.92 bits per heavy atom. The molecule has 0 aromatic carbocycles. The van der Waals surface area contributed by atoms with E-state index in [0.717, 1.165) is 25.9 Å². The molecule has 0 bridgehead atoms. The Morgan fingerprint density at radius 1 is 1.33 bits per heavy atom. The molecule has 1 saturated heterocycles. The maximum Gasteiger partial charge on any atom is 0.0488 e. The third kappa shape index (κ3) is 2.46. The van der Waals surface area contributed by atoms with Crippen LogP contribution in [0.4, 0.5) is 0 Å². The minimum Gasteiger partial charge on any atom is -0.396 e. The lowest BCUT2D eigenvalue weighted by Crippen LogP contribution is -2.39. The van der Waals surface area contributed by atoms with Crippen LogP contribution in [-0.2, 0) is 0 Å². The maximum absolute atomic E-state index is 9.36. The van der Waals surface area contributed by atoms with Gasteiger partial charge in [-0.1, -0.05) is 13.8 Å². The van der Waals surface area contributed by atoms with Gasteiger partial charge in [-0.05, 0) is 43.7 Å². The highest BCUT2D eigenvalue weighted by atomic mass is 16.3. The molecule has 0 amide bonds. The number of piperidine rings is 1. The number of hydrogen-bond donors (Lipinski definition) is 2. The van der Waals surface area contributed by atoms with Gasteiger partial charge in [-0.15, -0.1) is 0 Å². The summed E-state index contributed by atoms with van der Waals surface area (Å²) in [6, 6.07) is 0. The zero-order valence-corrected chi connectivity index (χ0v) is 8.27. The lowest BCUT2D eigenvalue weighted by Gasteiger charge is -2.37. The summed E-state index contributed by atoms with van der Waals surface area (Å²) in [5.41, 5.74) is 0.236. The Hall–Kier alpha value is -0.0800. The summed E-state index contributed by atoms with van der Waals surface area (Å²) in [5, 5.41) is 12.7. The van der Waals surface area contributed by atoms with Gasteiger partial charge in [-0.3, -0.25) is 0 Å². The van der Waals surface area contributed by atoms with E-state index in [2.05, 4.69) is 19.2 Å². The van der Waals surface area contributed by atoms with E-state index in [9.17, 15) is 5.11 Å². The van der Waals surface area contributed by atoms with Crippen molar-refractivity contribution in [3.63, 3.8) is 0 Å². The molecule has 0 aliphatic carbocycles. The fraction of sp³-hybridized carbons (Fsp3) is 1.00. The normalized spacial score (nSPS) is 23.0. The van der Waals surface area contributed by atoms with Crippen LogP contribution in [0.2, 0.25) is 0 Å². The van der Waals surface area contributed by atoms with Gasteiger partial charge >= 0.3 is 0 Å². The molecule has 12 heavy (non-hydrogen) atoms. The number of rotatable bonds is 3. The lowest BCUT2D eigenvalue weighted by molar-refractivity contribution is 0.0678. The van der Waals surface area contributed by atoms with Gasteiger partial charge < -0.3 is 10.4 Å². The van der Waals surface area contributed by atoms with Gasteiger partial charge in [0, 0.05) is 6.61 Å². The second-order valence-electron chi connectivity index (χ2n) is 4.51. The largest absolute Gasteiger partial charge is 0.396 e. The van der Waals surface area contributed by atoms with Crippen LogP contribution in [0.1, 0.15) is 33.1 Å². The van der Waals surface area contributed by atoms with E-state index >= 15 is 0 Å². The summed E-state index contributed by atoms with van der Waals surface area (Å²) < 4.78 is 0. The molecule has 1 aliphatic rings. The zero-order chi connectivity index (χ0) is 9.03. The second-order valence-corrected chi connectivity index (χ2v) is 4.51. The minimum atomic E-state index is 0.236. The minimum absolute atomic E-state index is 0.236. The van der Waals surface area contributed by atoms with Gasteiger partial charge in [0.2, 0.25) is 0 Å². The smallest absolute Gasteiger partial charge is 0.0488 e. The molecule has 72 valence electrons. The SMILES string of the molecule is CC(C)CC1(CO)CCNCC1. The van der Waals surface area contributed by atoms with E-state index in [0.29, 0.717) is 12.5 Å². The van der Waals surface area contributed by atoms with Gasteiger partial charge in [0.15, 0.2) is 0 Å². The van der Waals surface area contributed by atoms with Crippen molar-refractivity contribution in [2.45, 2.75) is 33.1 Å². The highest BCUT2D eigenvalue weighted by Crippen LogP contribution is 2.34. The second kappa shape index (κ2) is 4.24. The van der Waals surface area contributed by atoms with Gasteiger partial charge in [0.25, 0.3) is 0 Å². The first-order chi connectivity index (χ1) is 5.68. The molecular weight excluding hydrogens is 150 g/mol. The van der Waals surface area contributed by atoms with Crippen molar-refractivity contribution in [2.75, 3.05) is 19.7 Å². The van der Waals surface area contributed by atoms with Crippen LogP contribution in [0.15, 0.2) is 0 Å². The highest BCUT2D eigenvalue weighted by molar-refractivity contribution is 4.84. The van der Waals surface area contributed by atoms with Gasteiger partial charge in [0.1, 0.15) is 0 Å². The number of aliphatic hydroxyl groups is 1. The Bertz CT molecular complexity index is 128. The molecule has 2 nitrogen and oxygen atoms in total. The maximum atomic E-state index is 9.36. The van der Waals surface area contributed by atoms with Crippen LogP contribution in [0.25, 0.3) is 0 Å². The van der Waals surface area contributed by atoms with Crippen LogP contribution in [0, 0.1) is 11.3 Å². The van der Waals surface area contributed by atoms with E-state index in [-0.39, 0.29) is 5.41 Å². The third-order valence-corrected chi connectivity index (χ3v) is 2.84. The molecule has 1 rings (SSSR count). The van der Waals surface area contributed by atoms with E-state index in [1.165, 1.54) is 6.42 Å². The molecule has 1 heterocycles. The first-order valence-corrected chi connectivity index (χ1v) is 5.00. The van der Waals surface area contributed by atoms with Crippen molar-refractivity contribution < 1.29 is 5.11 Å². The summed E-state index contributed by atoms with van der Waals surface area (Å²) in [7, 11) is 0. The van der Waals surface area contributed by atoms with Crippen LogP contribution in [0.5, 0.6) is 0 Å². The predicted octanol–water partition coefficient (Wildman–Crippen LogP) is 1.39. The quantitative estimate of drug-likeness (QED) is 0.672. The first-order valence-electron chi connectivity index (χ1n) is 5.00. The average molecular weight is 171 g/mol. The molecule has 1 aliphatic heterocycles. The highest BCUT2D eigenvalue weighted by Gasteiger charge is 2.31. The molecule has 0 spiro atoms. The Balaban J connectivity index is 2.48. The molecule has 0 saturated carbocycles. The fourth-order valence-electron chi connectivity index (χ4n) is 2.25. The van der Waals surface area contributed by atoms with E-state index in [1.807, 2.05) is 0 Å². The lowest BCUT2D eigenvalue weighted by atomic mass is 9.74. The number of nitrogens with one attached hydrogen (secondary N) is 1. The Morgan fingerprint density at radius 3 is 2.33 bits per heavy atom. The molecule has 0 atom stereocenters. The molecule has 1 fully saturated rings. The number of aliphatic hydroxyl groups excluding tert-OH is 1. The molecule has 2 N–H and O–H groups in total. The van der Waals surface area contributed by atoms with Crippen molar-refractivity contribution in [1.29, 1.82) is 0 Å². The van der Waals surface area contributed by atoms with Crippen molar-refractivity contribution in [1.82, 2.24) is 5.32 Å². The monoisotopic (exact) mass is 171 g/mol. The fourth-order valence-corrected chi connectivity index (χ4v) is 2.25. The Labute approximate surface area is 75.4 Å². The predicted molar refractivity (Wildman–Crippen MR) is 51.1 cm³/mol. The molecule has 0 aromatic rings. The standard InChI is InChI=1S/C10H21NO/c1-9(2)7-10(8-12)3-5-11-6-4-10/h9,11-12H,3-8H2,1-2H3. The van der Waals surface area contributed by atoms with Crippen LogP contribution in [-0.4, -0.2) is 24.8 Å². The summed E-state index contributed by atoms with van der Waals surface area (Å²) in [6.45, 7) is 6.99. The van der Waals surface area contributed by atoms with Crippen molar-refractivity contribution >= 4 is 0 Å². The Kier molecular flexibility index (Phi) is 3.53. The van der Waals surface area contributed by atoms with Gasteiger partial charge in [-0.2, -0.15) is 0 Å². The molecule has 0 unspecified atom stereocenters. The van der Waals surface area contributed by atoms with Crippen molar-refractivity contribution in [2.24, 2.45) is 11.3 Å². The van der Waals surface area contributed by atoms with E-state index in [1.54, 1.807) is 0 Å². The van der Waals surface area contributed by atoms with E-state index in [4.69, 9.17) is 0 Å². The van der Waals surface area contributed by atoms with Crippen LogP contribution in [0.3, 0.4) is 0 Å². The molecule has 2 heteroatoms. The third-order valence-electron chi connectivity index (χ3n) is 2.84. The van der Waals surface area contributed by atoms with E-state index < -0.39 is 0 Å². The average Bonchev–Trinajstić information content (AvgIpc) is 2.05. The summed E-state index contributed by atoms with van der Waals surface area (Å²) >= 11 is 0. The first kappa shape index (κ1) is 10.0. The molecule has 0 aromatic heterocycles. The summed E-state index contributed by atoms with van der Waals surface area (Å²) in [4.78, 5) is 0. The van der Waals surface area contributed by atoms with Gasteiger partial charge in [0.05, 0.1) is 0 Å². The van der Waals surface area contributed by atoms with Crippen molar-refractivity contribution in [3.05, 3.63) is 0 Å². The van der Waals surface area contributed by atoms with Crippen molar-refractivity contribution in [3.8, 4) is 0 Å². The zero-order valence-electron chi connectivity index (χ0n) is 8.27. The van der Waals surface area contributed by atoms with Crippen LogP contribution < -0.4 is 5.32 Å². The topological polar surface area (TPSA) is 32.3 Å². The molecule has 0 radical (unpaired) electrons. The summed E-state index contributed by atoms with van der Waals surface area (Å²) in [5.74, 6) is 0.704. The summed E-state index contributed by atoms with van der Waals surface area (Å²) in [6.07, 6.45) is 3.45. The van der Waals surface area contributed by atoms with Crippen LogP contribution >= 0.6 is 0 Å². The number of hydrogen-bond acceptors (Lipinski definition) is 2.